The van der Waals surface area contributed by atoms with E-state index < -0.39 is 5.97 Å². The molecule has 0 atom stereocenters. The first-order chi connectivity index (χ1) is 6.97. The van der Waals surface area contributed by atoms with Crippen molar-refractivity contribution in [2.24, 2.45) is 0 Å². The highest BCUT2D eigenvalue weighted by atomic mass is 16.5. The molecule has 0 aliphatic carbocycles. The van der Waals surface area contributed by atoms with Gasteiger partial charge in [0.25, 0.3) is 0 Å². The van der Waals surface area contributed by atoms with E-state index in [2.05, 4.69) is 0 Å². The summed E-state index contributed by atoms with van der Waals surface area (Å²) in [5.41, 5.74) is 2.06. The summed E-state index contributed by atoms with van der Waals surface area (Å²) in [6, 6.07) is 5.53. The van der Waals surface area contributed by atoms with Gasteiger partial charge in [0.15, 0.2) is 0 Å². The number of Topliss-reactive ketones (excluding diaryl/α,β-unsaturated/α-hetero) is 1. The van der Waals surface area contributed by atoms with Crippen LogP contribution < -0.4 is 4.74 Å². The summed E-state index contributed by atoms with van der Waals surface area (Å²) in [5.74, 6) is -0.198. The number of hydrogen-bond donors (Lipinski definition) is 0. The molecule has 1 aromatic rings. The Morgan fingerprint density at radius 1 is 1.13 bits per heavy atom. The maximum absolute atomic E-state index is 11.2. The van der Waals surface area contributed by atoms with E-state index in [-0.39, 0.29) is 12.2 Å². The SMILES string of the molecule is CC(=O)CC(=O)Oc1cc(C)cc(C)c1. The minimum atomic E-state index is -0.507. The summed E-state index contributed by atoms with van der Waals surface area (Å²) >= 11 is 0. The monoisotopic (exact) mass is 206 g/mol. The Kier molecular flexibility index (Phi) is 3.61. The Hall–Kier alpha value is -1.64. The van der Waals surface area contributed by atoms with Crippen molar-refractivity contribution < 1.29 is 14.3 Å². The third kappa shape index (κ3) is 3.94. The molecule has 15 heavy (non-hydrogen) atoms. The number of hydrogen-bond acceptors (Lipinski definition) is 3. The maximum Gasteiger partial charge on any atom is 0.318 e. The topological polar surface area (TPSA) is 43.4 Å². The van der Waals surface area contributed by atoms with Crippen molar-refractivity contribution in [3.63, 3.8) is 0 Å². The van der Waals surface area contributed by atoms with E-state index in [4.69, 9.17) is 4.74 Å². The van der Waals surface area contributed by atoms with E-state index in [1.54, 1.807) is 12.1 Å². The van der Waals surface area contributed by atoms with Crippen LogP contribution in [0.25, 0.3) is 0 Å². The van der Waals surface area contributed by atoms with Gasteiger partial charge in [-0.2, -0.15) is 0 Å². The van der Waals surface area contributed by atoms with Gasteiger partial charge < -0.3 is 4.74 Å². The molecular weight excluding hydrogens is 192 g/mol. The number of aryl methyl sites for hydroxylation is 2. The smallest absolute Gasteiger partial charge is 0.318 e. The Labute approximate surface area is 89.1 Å². The summed E-state index contributed by atoms with van der Waals surface area (Å²) in [5, 5.41) is 0. The van der Waals surface area contributed by atoms with E-state index in [0.29, 0.717) is 5.75 Å². The lowest BCUT2D eigenvalue weighted by molar-refractivity contribution is -0.137. The number of ether oxygens (including phenoxy) is 1. The summed E-state index contributed by atoms with van der Waals surface area (Å²) in [6.45, 7) is 5.22. The lowest BCUT2D eigenvalue weighted by atomic mass is 10.1. The van der Waals surface area contributed by atoms with Gasteiger partial charge in [0, 0.05) is 0 Å². The Bertz CT molecular complexity index is 374. The van der Waals surface area contributed by atoms with Gasteiger partial charge >= 0.3 is 5.97 Å². The average Bonchev–Trinajstić information content (AvgIpc) is 1.98. The molecule has 3 heteroatoms. The molecule has 1 rings (SSSR count). The lowest BCUT2D eigenvalue weighted by Crippen LogP contribution is -2.11. The first kappa shape index (κ1) is 11.4. The van der Waals surface area contributed by atoms with Crippen LogP contribution in [-0.4, -0.2) is 11.8 Å². The number of carbonyl (C=O) groups excluding carboxylic acids is 2. The van der Waals surface area contributed by atoms with Crippen molar-refractivity contribution in [3.8, 4) is 5.75 Å². The quantitative estimate of drug-likeness (QED) is 0.432. The van der Waals surface area contributed by atoms with E-state index >= 15 is 0 Å². The zero-order valence-electron chi connectivity index (χ0n) is 9.16. The third-order valence-corrected chi connectivity index (χ3v) is 1.82. The molecule has 1 aromatic carbocycles. The van der Waals surface area contributed by atoms with Crippen molar-refractivity contribution in [2.45, 2.75) is 27.2 Å². The fraction of sp³-hybridized carbons (Fsp3) is 0.333. The molecule has 0 heterocycles. The summed E-state index contributed by atoms with van der Waals surface area (Å²) in [6.07, 6.45) is -0.174. The van der Waals surface area contributed by atoms with Gasteiger partial charge in [-0.1, -0.05) is 6.07 Å². The molecular formula is C12H14O3. The fourth-order valence-electron chi connectivity index (χ4n) is 1.36. The minimum absolute atomic E-state index is 0.174. The molecule has 0 unspecified atom stereocenters. The molecule has 80 valence electrons. The molecule has 0 aliphatic rings. The van der Waals surface area contributed by atoms with E-state index in [1.807, 2.05) is 19.9 Å². The molecule has 0 amide bonds. The molecule has 0 fully saturated rings. The van der Waals surface area contributed by atoms with Crippen LogP contribution in [0.5, 0.6) is 5.75 Å². The van der Waals surface area contributed by atoms with Crippen LogP contribution in [0.3, 0.4) is 0 Å². The van der Waals surface area contributed by atoms with Crippen molar-refractivity contribution in [2.75, 3.05) is 0 Å². The predicted octanol–water partition coefficient (Wildman–Crippen LogP) is 2.19. The number of benzene rings is 1. The second-order valence-corrected chi connectivity index (χ2v) is 3.68. The zero-order valence-corrected chi connectivity index (χ0v) is 9.16. The van der Waals surface area contributed by atoms with Gasteiger partial charge in [-0.25, -0.2) is 0 Å². The molecule has 0 bridgehead atoms. The van der Waals surface area contributed by atoms with Crippen LogP contribution in [-0.2, 0) is 9.59 Å². The average molecular weight is 206 g/mol. The van der Waals surface area contributed by atoms with E-state index in [9.17, 15) is 9.59 Å². The Morgan fingerprint density at radius 3 is 2.13 bits per heavy atom. The van der Waals surface area contributed by atoms with Crippen molar-refractivity contribution in [1.82, 2.24) is 0 Å². The molecule has 0 aromatic heterocycles. The standard InChI is InChI=1S/C12H14O3/c1-8-4-9(2)6-11(5-8)15-12(14)7-10(3)13/h4-6H,7H2,1-3H3. The van der Waals surface area contributed by atoms with E-state index in [0.717, 1.165) is 11.1 Å². The largest absolute Gasteiger partial charge is 0.426 e. The third-order valence-electron chi connectivity index (χ3n) is 1.82. The van der Waals surface area contributed by atoms with Crippen LogP contribution >= 0.6 is 0 Å². The molecule has 0 N–H and O–H groups in total. The van der Waals surface area contributed by atoms with E-state index in [1.165, 1.54) is 6.92 Å². The first-order valence-corrected chi connectivity index (χ1v) is 4.76. The molecule has 0 saturated carbocycles. The van der Waals surface area contributed by atoms with Crippen LogP contribution in [0.2, 0.25) is 0 Å². The van der Waals surface area contributed by atoms with Gasteiger partial charge in [0.2, 0.25) is 0 Å². The van der Waals surface area contributed by atoms with Gasteiger partial charge in [0.05, 0.1) is 0 Å². The van der Waals surface area contributed by atoms with Crippen molar-refractivity contribution in [3.05, 3.63) is 29.3 Å². The van der Waals surface area contributed by atoms with Gasteiger partial charge in [0.1, 0.15) is 18.0 Å². The van der Waals surface area contributed by atoms with Crippen molar-refractivity contribution in [1.29, 1.82) is 0 Å². The summed E-state index contributed by atoms with van der Waals surface area (Å²) in [4.78, 5) is 21.9. The molecule has 3 nitrogen and oxygen atoms in total. The lowest BCUT2D eigenvalue weighted by Gasteiger charge is -2.05. The first-order valence-electron chi connectivity index (χ1n) is 4.76. The van der Waals surface area contributed by atoms with Crippen molar-refractivity contribution >= 4 is 11.8 Å². The van der Waals surface area contributed by atoms with Gasteiger partial charge in [-0.3, -0.25) is 9.59 Å². The number of ketones is 1. The minimum Gasteiger partial charge on any atom is -0.426 e. The maximum atomic E-state index is 11.2. The highest BCUT2D eigenvalue weighted by Crippen LogP contribution is 2.16. The second-order valence-electron chi connectivity index (χ2n) is 3.68. The summed E-state index contributed by atoms with van der Waals surface area (Å²) < 4.78 is 5.03. The molecule has 0 spiro atoms. The van der Waals surface area contributed by atoms with Gasteiger partial charge in [-0.05, 0) is 44.0 Å². The molecule has 0 radical (unpaired) electrons. The highest BCUT2D eigenvalue weighted by molar-refractivity contribution is 5.94. The van der Waals surface area contributed by atoms with Crippen LogP contribution in [0.1, 0.15) is 24.5 Å². The Balaban J connectivity index is 2.72. The second kappa shape index (κ2) is 4.73. The van der Waals surface area contributed by atoms with Crippen LogP contribution in [0.4, 0.5) is 0 Å². The predicted molar refractivity (Wildman–Crippen MR) is 56.8 cm³/mol. The number of esters is 1. The summed E-state index contributed by atoms with van der Waals surface area (Å²) in [7, 11) is 0. The van der Waals surface area contributed by atoms with Crippen LogP contribution in [0.15, 0.2) is 18.2 Å². The number of rotatable bonds is 3. The highest BCUT2D eigenvalue weighted by Gasteiger charge is 2.08. The van der Waals surface area contributed by atoms with Crippen LogP contribution in [0, 0.1) is 13.8 Å². The fourth-order valence-corrected chi connectivity index (χ4v) is 1.36. The van der Waals surface area contributed by atoms with Gasteiger partial charge in [-0.15, -0.1) is 0 Å². The Morgan fingerprint density at radius 2 is 1.67 bits per heavy atom. The zero-order chi connectivity index (χ0) is 11.4. The normalized spacial score (nSPS) is 9.80. The molecule has 0 saturated heterocycles. The number of carbonyl (C=O) groups is 2. The molecule has 0 aliphatic heterocycles.